The number of aryl methyl sites for hydroxylation is 2. The number of nitrogens with zero attached hydrogens (tertiary/aromatic N) is 1. The lowest BCUT2D eigenvalue weighted by molar-refractivity contribution is -0.659. The zero-order chi connectivity index (χ0) is 22.9. The molecule has 1 aliphatic rings. The standard InChI is InChI=1S/C30H29NPSi/c1-20-25-14-10-9-11-21(25)18-26-28(20)30-29-22(15-16-31(30)2)17-24(19-27(29)32(26)3)33(4,5)23-12-7-6-8-13-23/h6-19H,1-5H3/q+1. The minimum atomic E-state index is -1.80. The van der Waals surface area contributed by atoms with Crippen LogP contribution in [0.1, 0.15) is 5.56 Å². The summed E-state index contributed by atoms with van der Waals surface area (Å²) in [5.41, 5.74) is 4.25. The SMILES string of the molecule is Cc1c2c(cc3ccccc13)P(C)c1cc([Si](C)(C)c3ccccc3)cc3cc[n+](C)c-2c13. The third-order valence-corrected chi connectivity index (χ3v) is 13.3. The second-order valence-corrected chi connectivity index (χ2v) is 16.4. The van der Waals surface area contributed by atoms with E-state index in [1.807, 2.05) is 0 Å². The van der Waals surface area contributed by atoms with Crippen molar-refractivity contribution in [1.82, 2.24) is 0 Å². The van der Waals surface area contributed by atoms with Gasteiger partial charge < -0.3 is 0 Å². The molecule has 162 valence electrons. The Morgan fingerprint density at radius 1 is 0.758 bits per heavy atom. The Kier molecular flexibility index (Phi) is 4.63. The Morgan fingerprint density at radius 3 is 2.27 bits per heavy atom. The molecule has 0 N–H and O–H groups in total. The smallest absolute Gasteiger partial charge is 0.200 e. The maximum atomic E-state index is 2.57. The maximum absolute atomic E-state index is 2.57. The molecule has 0 amide bonds. The quantitative estimate of drug-likeness (QED) is 0.198. The van der Waals surface area contributed by atoms with Crippen LogP contribution >= 0.6 is 7.92 Å². The van der Waals surface area contributed by atoms with E-state index in [4.69, 9.17) is 0 Å². The molecule has 4 aromatic carbocycles. The summed E-state index contributed by atoms with van der Waals surface area (Å²) in [4.78, 5) is 0. The number of rotatable bonds is 2. The Hall–Kier alpha value is -2.80. The summed E-state index contributed by atoms with van der Waals surface area (Å²) in [5, 5.41) is 11.7. The number of fused-ring (bicyclic) bond motifs is 3. The highest BCUT2D eigenvalue weighted by molar-refractivity contribution is 7.73. The van der Waals surface area contributed by atoms with Crippen molar-refractivity contribution >= 4 is 58.5 Å². The zero-order valence-electron chi connectivity index (χ0n) is 20.0. The van der Waals surface area contributed by atoms with Crippen molar-refractivity contribution in [3.8, 4) is 11.3 Å². The molecule has 3 heteroatoms. The van der Waals surface area contributed by atoms with Crippen LogP contribution in [0.15, 0.2) is 85.1 Å². The normalized spacial score (nSPS) is 15.1. The minimum absolute atomic E-state index is 0.438. The van der Waals surface area contributed by atoms with Gasteiger partial charge in [0, 0.05) is 6.07 Å². The van der Waals surface area contributed by atoms with Gasteiger partial charge in [-0.05, 0) is 59.9 Å². The molecule has 1 unspecified atom stereocenters. The average Bonchev–Trinajstić information content (AvgIpc) is 2.83. The summed E-state index contributed by atoms with van der Waals surface area (Å²) in [6.45, 7) is 9.76. The molecule has 0 radical (unpaired) electrons. The topological polar surface area (TPSA) is 3.88 Å². The van der Waals surface area contributed by atoms with Gasteiger partial charge in [-0.1, -0.05) is 90.2 Å². The first-order chi connectivity index (χ1) is 15.9. The molecule has 0 fully saturated rings. The maximum Gasteiger partial charge on any atom is 0.221 e. The van der Waals surface area contributed by atoms with Crippen LogP contribution in [-0.4, -0.2) is 14.7 Å². The van der Waals surface area contributed by atoms with Gasteiger partial charge in [0.05, 0.1) is 10.9 Å². The second kappa shape index (κ2) is 7.35. The zero-order valence-corrected chi connectivity index (χ0v) is 21.9. The van der Waals surface area contributed by atoms with Gasteiger partial charge in [-0.2, -0.15) is 0 Å². The largest absolute Gasteiger partial charge is 0.221 e. The summed E-state index contributed by atoms with van der Waals surface area (Å²) >= 11 is 0. The van der Waals surface area contributed by atoms with Gasteiger partial charge in [0.1, 0.15) is 15.1 Å². The van der Waals surface area contributed by atoms with Crippen molar-refractivity contribution in [3.05, 3.63) is 90.6 Å². The van der Waals surface area contributed by atoms with Crippen molar-refractivity contribution in [1.29, 1.82) is 0 Å². The third kappa shape index (κ3) is 2.98. The molecular formula is C30H29NPSi+. The molecule has 1 aliphatic heterocycles. The van der Waals surface area contributed by atoms with Crippen LogP contribution in [0.25, 0.3) is 32.8 Å². The number of aromatic nitrogens is 1. The first-order valence-corrected chi connectivity index (χ1v) is 16.5. The van der Waals surface area contributed by atoms with E-state index in [-0.39, 0.29) is 0 Å². The third-order valence-electron chi connectivity index (χ3n) is 7.68. The number of benzene rings is 4. The van der Waals surface area contributed by atoms with Crippen molar-refractivity contribution in [2.24, 2.45) is 7.05 Å². The molecule has 6 rings (SSSR count). The average molecular weight is 463 g/mol. The van der Waals surface area contributed by atoms with E-state index >= 15 is 0 Å². The molecule has 33 heavy (non-hydrogen) atoms. The molecule has 2 heterocycles. The van der Waals surface area contributed by atoms with Gasteiger partial charge in [-0.15, -0.1) is 0 Å². The Bertz CT molecular complexity index is 1570. The Labute approximate surface area is 198 Å². The molecule has 5 aromatic rings. The molecule has 1 atom stereocenters. The van der Waals surface area contributed by atoms with Gasteiger partial charge in [0.25, 0.3) is 0 Å². The number of pyridine rings is 1. The van der Waals surface area contributed by atoms with Gasteiger partial charge in [-0.3, -0.25) is 0 Å². The second-order valence-electron chi connectivity index (χ2n) is 9.90. The van der Waals surface area contributed by atoms with E-state index in [0.717, 1.165) is 0 Å². The highest BCUT2D eigenvalue weighted by Gasteiger charge is 2.35. The van der Waals surface area contributed by atoms with Crippen molar-refractivity contribution < 1.29 is 4.57 Å². The lowest BCUT2D eigenvalue weighted by atomic mass is 9.94. The molecule has 0 saturated heterocycles. The molecule has 0 spiro atoms. The number of hydrogen-bond acceptors (Lipinski definition) is 0. The van der Waals surface area contributed by atoms with Crippen LogP contribution in [0.2, 0.25) is 13.1 Å². The monoisotopic (exact) mass is 462 g/mol. The van der Waals surface area contributed by atoms with Crippen LogP contribution in [-0.2, 0) is 7.05 Å². The summed E-state index contributed by atoms with van der Waals surface area (Å²) in [6, 6.07) is 29.9. The molecular weight excluding hydrogens is 433 g/mol. The fourth-order valence-electron chi connectivity index (χ4n) is 5.63. The van der Waals surface area contributed by atoms with Crippen LogP contribution in [0.4, 0.5) is 0 Å². The van der Waals surface area contributed by atoms with Crippen LogP contribution in [0, 0.1) is 6.92 Å². The molecule has 0 saturated carbocycles. The van der Waals surface area contributed by atoms with Crippen LogP contribution in [0.5, 0.6) is 0 Å². The fraction of sp³-hybridized carbons (Fsp3) is 0.167. The number of hydrogen-bond donors (Lipinski definition) is 0. The summed E-state index contributed by atoms with van der Waals surface area (Å²) in [7, 11) is -0.0323. The molecule has 1 aromatic heterocycles. The van der Waals surface area contributed by atoms with Crippen LogP contribution in [0.3, 0.4) is 0 Å². The fourth-order valence-corrected chi connectivity index (χ4v) is 10.2. The van der Waals surface area contributed by atoms with Gasteiger partial charge in [0.2, 0.25) is 5.69 Å². The minimum Gasteiger partial charge on any atom is -0.200 e. The van der Waals surface area contributed by atoms with Crippen LogP contribution < -0.4 is 25.5 Å². The van der Waals surface area contributed by atoms with Crippen molar-refractivity contribution in [2.45, 2.75) is 20.0 Å². The molecule has 0 bridgehead atoms. The highest BCUT2D eigenvalue weighted by Crippen LogP contribution is 2.45. The summed E-state index contributed by atoms with van der Waals surface area (Å²) in [5.74, 6) is 0. The van der Waals surface area contributed by atoms with E-state index in [9.17, 15) is 0 Å². The highest BCUT2D eigenvalue weighted by atomic mass is 31.1. The van der Waals surface area contributed by atoms with E-state index in [1.54, 1.807) is 5.30 Å². The van der Waals surface area contributed by atoms with Crippen molar-refractivity contribution in [3.63, 3.8) is 0 Å². The van der Waals surface area contributed by atoms with Gasteiger partial charge in [0.15, 0.2) is 6.20 Å². The van der Waals surface area contributed by atoms with E-state index < -0.39 is 16.0 Å². The van der Waals surface area contributed by atoms with E-state index in [1.165, 1.54) is 54.0 Å². The Morgan fingerprint density at radius 2 is 1.48 bits per heavy atom. The molecule has 0 aliphatic carbocycles. The van der Waals surface area contributed by atoms with E-state index in [2.05, 4.69) is 123 Å². The van der Waals surface area contributed by atoms with Gasteiger partial charge in [-0.25, -0.2) is 4.57 Å². The predicted molar refractivity (Wildman–Crippen MR) is 148 cm³/mol. The Balaban J connectivity index is 1.70. The lowest BCUT2D eigenvalue weighted by Crippen LogP contribution is -2.53. The first kappa shape index (κ1) is 20.8. The summed E-state index contributed by atoms with van der Waals surface area (Å²) in [6.07, 6.45) is 2.25. The molecule has 1 nitrogen and oxygen atoms in total. The van der Waals surface area contributed by atoms with E-state index in [0.29, 0.717) is 0 Å². The lowest BCUT2D eigenvalue weighted by Gasteiger charge is -2.30. The predicted octanol–water partition coefficient (Wildman–Crippen LogP) is 4.99. The summed E-state index contributed by atoms with van der Waals surface area (Å²) < 4.78 is 2.34. The first-order valence-electron chi connectivity index (χ1n) is 11.7. The van der Waals surface area contributed by atoms with Crippen molar-refractivity contribution in [2.75, 3.05) is 6.66 Å². The van der Waals surface area contributed by atoms with Gasteiger partial charge >= 0.3 is 0 Å².